The summed E-state index contributed by atoms with van der Waals surface area (Å²) in [5.74, 6) is 0. The number of ether oxygens (including phenoxy) is 1. The SMILES string of the molecule is COCCN(CCO)c1cccc(Cl)c1CNC(C)C. The molecule has 0 radical (unpaired) electrons. The van der Waals surface area contributed by atoms with Gasteiger partial charge >= 0.3 is 0 Å². The maximum absolute atomic E-state index is 9.24. The predicted molar refractivity (Wildman–Crippen MR) is 84.6 cm³/mol. The van der Waals surface area contributed by atoms with Gasteiger partial charge in [-0.2, -0.15) is 0 Å². The summed E-state index contributed by atoms with van der Waals surface area (Å²) in [6, 6.07) is 6.27. The van der Waals surface area contributed by atoms with E-state index in [0.29, 0.717) is 25.7 Å². The summed E-state index contributed by atoms with van der Waals surface area (Å²) in [6.07, 6.45) is 0. The van der Waals surface area contributed by atoms with Crippen molar-refractivity contribution in [1.29, 1.82) is 0 Å². The van der Waals surface area contributed by atoms with Gasteiger partial charge in [-0.3, -0.25) is 0 Å². The number of nitrogens with one attached hydrogen (secondary N) is 1. The highest BCUT2D eigenvalue weighted by atomic mass is 35.5. The van der Waals surface area contributed by atoms with Gasteiger partial charge in [0.15, 0.2) is 0 Å². The molecular weight excluding hydrogens is 276 g/mol. The maximum Gasteiger partial charge on any atom is 0.0637 e. The van der Waals surface area contributed by atoms with Crippen LogP contribution in [-0.4, -0.2) is 44.6 Å². The van der Waals surface area contributed by atoms with E-state index in [9.17, 15) is 5.11 Å². The van der Waals surface area contributed by atoms with Gasteiger partial charge in [-0.25, -0.2) is 0 Å². The molecule has 0 aliphatic rings. The molecule has 0 bridgehead atoms. The van der Waals surface area contributed by atoms with Crippen molar-refractivity contribution < 1.29 is 9.84 Å². The largest absolute Gasteiger partial charge is 0.395 e. The third kappa shape index (κ3) is 5.29. The highest BCUT2D eigenvalue weighted by Crippen LogP contribution is 2.27. The number of hydrogen-bond acceptors (Lipinski definition) is 4. The molecule has 0 aliphatic carbocycles. The monoisotopic (exact) mass is 300 g/mol. The molecule has 0 amide bonds. The van der Waals surface area contributed by atoms with Crippen LogP contribution in [0.1, 0.15) is 19.4 Å². The molecule has 1 aromatic rings. The molecular formula is C15H25ClN2O2. The van der Waals surface area contributed by atoms with Gasteiger partial charge in [0.05, 0.1) is 13.2 Å². The third-order valence-electron chi connectivity index (χ3n) is 3.06. The summed E-state index contributed by atoms with van der Waals surface area (Å²) in [4.78, 5) is 2.10. The Kier molecular flexibility index (Phi) is 7.92. The van der Waals surface area contributed by atoms with E-state index < -0.39 is 0 Å². The smallest absolute Gasteiger partial charge is 0.0637 e. The second-order valence-electron chi connectivity index (χ2n) is 4.98. The molecule has 0 aliphatic heterocycles. The fraction of sp³-hybridized carbons (Fsp3) is 0.600. The normalized spacial score (nSPS) is 11.1. The van der Waals surface area contributed by atoms with Crippen LogP contribution < -0.4 is 10.2 Å². The van der Waals surface area contributed by atoms with Crippen LogP contribution in [-0.2, 0) is 11.3 Å². The Balaban J connectivity index is 2.96. The van der Waals surface area contributed by atoms with Crippen LogP contribution in [0.5, 0.6) is 0 Å². The van der Waals surface area contributed by atoms with Crippen LogP contribution in [0.15, 0.2) is 18.2 Å². The van der Waals surface area contributed by atoms with Gasteiger partial charge in [-0.1, -0.05) is 31.5 Å². The van der Waals surface area contributed by atoms with E-state index in [1.807, 2.05) is 18.2 Å². The van der Waals surface area contributed by atoms with E-state index in [2.05, 4.69) is 24.1 Å². The molecule has 2 N–H and O–H groups in total. The van der Waals surface area contributed by atoms with E-state index in [4.69, 9.17) is 16.3 Å². The van der Waals surface area contributed by atoms with Gasteiger partial charge < -0.3 is 20.1 Å². The van der Waals surface area contributed by atoms with Crippen molar-refractivity contribution in [2.24, 2.45) is 0 Å². The van der Waals surface area contributed by atoms with Crippen molar-refractivity contribution in [3.05, 3.63) is 28.8 Å². The van der Waals surface area contributed by atoms with Crippen molar-refractivity contribution in [2.45, 2.75) is 26.4 Å². The third-order valence-corrected chi connectivity index (χ3v) is 3.41. The summed E-state index contributed by atoms with van der Waals surface area (Å²) in [7, 11) is 1.68. The molecule has 5 heteroatoms. The van der Waals surface area contributed by atoms with Crippen LogP contribution in [0.25, 0.3) is 0 Å². The molecule has 0 saturated carbocycles. The zero-order valence-electron chi connectivity index (χ0n) is 12.5. The molecule has 0 fully saturated rings. The van der Waals surface area contributed by atoms with Crippen molar-refractivity contribution >= 4 is 17.3 Å². The summed E-state index contributed by atoms with van der Waals surface area (Å²) in [6.45, 7) is 6.93. The number of methoxy groups -OCH3 is 1. The van der Waals surface area contributed by atoms with E-state index in [-0.39, 0.29) is 6.61 Å². The Morgan fingerprint density at radius 3 is 2.70 bits per heavy atom. The van der Waals surface area contributed by atoms with Crippen LogP contribution in [0.4, 0.5) is 5.69 Å². The van der Waals surface area contributed by atoms with Gasteiger partial charge in [0.1, 0.15) is 0 Å². The number of aliphatic hydroxyl groups is 1. The molecule has 0 unspecified atom stereocenters. The number of nitrogens with zero attached hydrogens (tertiary/aromatic N) is 1. The van der Waals surface area contributed by atoms with E-state index in [1.54, 1.807) is 7.11 Å². The first-order valence-corrected chi connectivity index (χ1v) is 7.33. The average Bonchev–Trinajstić information content (AvgIpc) is 2.41. The lowest BCUT2D eigenvalue weighted by atomic mass is 10.1. The summed E-state index contributed by atoms with van der Waals surface area (Å²) in [5.41, 5.74) is 2.11. The minimum atomic E-state index is 0.104. The number of hydrogen-bond donors (Lipinski definition) is 2. The Morgan fingerprint density at radius 1 is 1.35 bits per heavy atom. The van der Waals surface area contributed by atoms with Crippen LogP contribution in [0.2, 0.25) is 5.02 Å². The number of aliphatic hydroxyl groups excluding tert-OH is 1. The molecule has 1 aromatic carbocycles. The quantitative estimate of drug-likeness (QED) is 0.734. The lowest BCUT2D eigenvalue weighted by Crippen LogP contribution is -2.32. The average molecular weight is 301 g/mol. The summed E-state index contributed by atoms with van der Waals surface area (Å²) < 4.78 is 5.14. The Bertz CT molecular complexity index is 399. The number of rotatable bonds is 9. The zero-order valence-corrected chi connectivity index (χ0v) is 13.3. The molecule has 114 valence electrons. The number of benzene rings is 1. The molecule has 1 rings (SSSR count). The van der Waals surface area contributed by atoms with Crippen molar-refractivity contribution in [1.82, 2.24) is 5.32 Å². The highest BCUT2D eigenvalue weighted by molar-refractivity contribution is 6.31. The topological polar surface area (TPSA) is 44.7 Å². The minimum Gasteiger partial charge on any atom is -0.395 e. The van der Waals surface area contributed by atoms with Crippen LogP contribution >= 0.6 is 11.6 Å². The van der Waals surface area contributed by atoms with E-state index in [0.717, 1.165) is 22.8 Å². The van der Waals surface area contributed by atoms with E-state index >= 15 is 0 Å². The Hall–Kier alpha value is -0.810. The van der Waals surface area contributed by atoms with Crippen molar-refractivity contribution in [3.8, 4) is 0 Å². The lowest BCUT2D eigenvalue weighted by molar-refractivity contribution is 0.203. The molecule has 0 atom stereocenters. The lowest BCUT2D eigenvalue weighted by Gasteiger charge is -2.27. The molecule has 0 spiro atoms. The first-order chi connectivity index (χ1) is 9.60. The predicted octanol–water partition coefficient (Wildman–Crippen LogP) is 2.28. The van der Waals surface area contributed by atoms with Gasteiger partial charge in [0, 0.05) is 49.1 Å². The van der Waals surface area contributed by atoms with Crippen molar-refractivity contribution in [2.75, 3.05) is 38.3 Å². The summed E-state index contributed by atoms with van der Waals surface area (Å²) in [5, 5.41) is 13.4. The fourth-order valence-electron chi connectivity index (χ4n) is 2.00. The second kappa shape index (κ2) is 9.19. The number of halogens is 1. The van der Waals surface area contributed by atoms with Gasteiger partial charge in [0.2, 0.25) is 0 Å². The van der Waals surface area contributed by atoms with Crippen LogP contribution in [0, 0.1) is 0 Å². The van der Waals surface area contributed by atoms with Gasteiger partial charge in [-0.05, 0) is 12.1 Å². The number of anilines is 1. The second-order valence-corrected chi connectivity index (χ2v) is 5.38. The molecule has 4 nitrogen and oxygen atoms in total. The standard InChI is InChI=1S/C15H25ClN2O2/c1-12(2)17-11-13-14(16)5-4-6-15(13)18(7-9-19)8-10-20-3/h4-6,12,17,19H,7-11H2,1-3H3. The molecule has 20 heavy (non-hydrogen) atoms. The van der Waals surface area contributed by atoms with E-state index in [1.165, 1.54) is 0 Å². The van der Waals surface area contributed by atoms with Gasteiger partial charge in [0.25, 0.3) is 0 Å². The fourth-order valence-corrected chi connectivity index (χ4v) is 2.24. The first kappa shape index (κ1) is 17.2. The Labute approximate surface area is 126 Å². The maximum atomic E-state index is 9.24. The van der Waals surface area contributed by atoms with Crippen LogP contribution in [0.3, 0.4) is 0 Å². The molecule has 0 aromatic heterocycles. The minimum absolute atomic E-state index is 0.104. The summed E-state index contributed by atoms with van der Waals surface area (Å²) >= 11 is 6.33. The highest BCUT2D eigenvalue weighted by Gasteiger charge is 2.13. The Morgan fingerprint density at radius 2 is 2.10 bits per heavy atom. The zero-order chi connectivity index (χ0) is 15.0. The first-order valence-electron chi connectivity index (χ1n) is 6.95. The molecule has 0 heterocycles. The molecule has 0 saturated heterocycles. The van der Waals surface area contributed by atoms with Crippen molar-refractivity contribution in [3.63, 3.8) is 0 Å². The van der Waals surface area contributed by atoms with Gasteiger partial charge in [-0.15, -0.1) is 0 Å².